The highest BCUT2D eigenvalue weighted by Crippen LogP contribution is 2.25. The third-order valence-corrected chi connectivity index (χ3v) is 4.84. The SMILES string of the molecule is CCN(C)C=Nc1cc(C)c(Cc2ccc(CS(=O)O)cc2)cc1C. The van der Waals surface area contributed by atoms with Crippen molar-refractivity contribution in [1.29, 1.82) is 0 Å². The van der Waals surface area contributed by atoms with Gasteiger partial charge in [-0.1, -0.05) is 30.3 Å². The molecule has 2 aromatic carbocycles. The molecule has 1 unspecified atom stereocenters. The molecule has 0 aliphatic heterocycles. The number of aliphatic imine (C=N–C) groups is 1. The van der Waals surface area contributed by atoms with Crippen molar-refractivity contribution in [2.24, 2.45) is 4.99 Å². The first-order chi connectivity index (χ1) is 11.9. The fraction of sp³-hybridized carbons (Fsp3) is 0.350. The molecule has 1 atom stereocenters. The highest BCUT2D eigenvalue weighted by molar-refractivity contribution is 7.78. The van der Waals surface area contributed by atoms with Gasteiger partial charge in [0.05, 0.1) is 17.8 Å². The molecule has 4 nitrogen and oxygen atoms in total. The van der Waals surface area contributed by atoms with Gasteiger partial charge in [0.15, 0.2) is 11.1 Å². The number of hydrogen-bond donors (Lipinski definition) is 1. The van der Waals surface area contributed by atoms with Gasteiger partial charge >= 0.3 is 0 Å². The largest absolute Gasteiger partial charge is 0.366 e. The van der Waals surface area contributed by atoms with Crippen LogP contribution in [0.2, 0.25) is 0 Å². The Bertz CT molecular complexity index is 770. The van der Waals surface area contributed by atoms with Crippen molar-refractivity contribution in [3.8, 4) is 0 Å². The lowest BCUT2D eigenvalue weighted by Crippen LogP contribution is -2.14. The molecule has 0 fully saturated rings. The Morgan fingerprint density at radius 3 is 2.36 bits per heavy atom. The number of benzene rings is 2. The van der Waals surface area contributed by atoms with Crippen molar-refractivity contribution < 1.29 is 8.76 Å². The smallest absolute Gasteiger partial charge is 0.157 e. The van der Waals surface area contributed by atoms with E-state index >= 15 is 0 Å². The summed E-state index contributed by atoms with van der Waals surface area (Å²) in [7, 11) is 2.01. The summed E-state index contributed by atoms with van der Waals surface area (Å²) < 4.78 is 19.8. The minimum atomic E-state index is -1.79. The molecule has 0 saturated carbocycles. The molecule has 0 radical (unpaired) electrons. The average Bonchev–Trinajstić information content (AvgIpc) is 2.57. The Morgan fingerprint density at radius 1 is 1.12 bits per heavy atom. The lowest BCUT2D eigenvalue weighted by Gasteiger charge is -2.12. The van der Waals surface area contributed by atoms with E-state index in [9.17, 15) is 4.21 Å². The topological polar surface area (TPSA) is 52.9 Å². The molecular formula is C20H26N2O2S. The molecule has 25 heavy (non-hydrogen) atoms. The van der Waals surface area contributed by atoms with Crippen LogP contribution < -0.4 is 0 Å². The zero-order valence-electron chi connectivity index (χ0n) is 15.3. The molecule has 0 aromatic heterocycles. The van der Waals surface area contributed by atoms with Crippen LogP contribution in [-0.4, -0.2) is 33.6 Å². The monoisotopic (exact) mass is 358 g/mol. The summed E-state index contributed by atoms with van der Waals surface area (Å²) in [6.07, 6.45) is 2.71. The van der Waals surface area contributed by atoms with Crippen molar-refractivity contribution >= 4 is 23.1 Å². The Kier molecular flexibility index (Phi) is 6.91. The fourth-order valence-corrected chi connectivity index (χ4v) is 3.03. The molecule has 0 heterocycles. The molecule has 134 valence electrons. The maximum absolute atomic E-state index is 10.9. The third kappa shape index (κ3) is 5.80. The molecular weight excluding hydrogens is 332 g/mol. The van der Waals surface area contributed by atoms with Crippen molar-refractivity contribution in [3.63, 3.8) is 0 Å². The van der Waals surface area contributed by atoms with Gasteiger partial charge in [0.1, 0.15) is 0 Å². The molecule has 0 saturated heterocycles. The van der Waals surface area contributed by atoms with Gasteiger partial charge in [-0.25, -0.2) is 9.20 Å². The van der Waals surface area contributed by atoms with E-state index in [2.05, 4.69) is 37.9 Å². The van der Waals surface area contributed by atoms with Crippen molar-refractivity contribution in [1.82, 2.24) is 4.90 Å². The zero-order valence-corrected chi connectivity index (χ0v) is 16.1. The van der Waals surface area contributed by atoms with E-state index in [0.717, 1.165) is 29.8 Å². The highest BCUT2D eigenvalue weighted by atomic mass is 32.2. The van der Waals surface area contributed by atoms with E-state index < -0.39 is 11.1 Å². The first kappa shape index (κ1) is 19.3. The molecule has 0 bridgehead atoms. The number of aryl methyl sites for hydroxylation is 2. The normalized spacial score (nSPS) is 12.5. The molecule has 1 N–H and O–H groups in total. The molecule has 0 spiro atoms. The second kappa shape index (κ2) is 8.92. The van der Waals surface area contributed by atoms with Crippen LogP contribution in [0.25, 0.3) is 0 Å². The van der Waals surface area contributed by atoms with Gasteiger partial charge in [-0.3, -0.25) is 0 Å². The van der Waals surface area contributed by atoms with Crippen LogP contribution >= 0.6 is 0 Å². The predicted octanol–water partition coefficient (Wildman–Crippen LogP) is 4.23. The minimum absolute atomic E-state index is 0.178. The number of nitrogens with zero attached hydrogens (tertiary/aromatic N) is 2. The molecule has 0 amide bonds. The van der Waals surface area contributed by atoms with Gasteiger partial charge < -0.3 is 9.45 Å². The van der Waals surface area contributed by atoms with Gasteiger partial charge in [-0.15, -0.1) is 0 Å². The van der Waals surface area contributed by atoms with Crippen LogP contribution in [0.3, 0.4) is 0 Å². The second-order valence-corrected chi connectivity index (χ2v) is 7.27. The van der Waals surface area contributed by atoms with E-state index in [0.29, 0.717) is 0 Å². The van der Waals surface area contributed by atoms with E-state index in [1.807, 2.05) is 42.6 Å². The maximum Gasteiger partial charge on any atom is 0.157 e. The fourth-order valence-electron chi connectivity index (χ4n) is 2.55. The lowest BCUT2D eigenvalue weighted by atomic mass is 9.97. The molecule has 2 rings (SSSR count). The minimum Gasteiger partial charge on any atom is -0.366 e. The summed E-state index contributed by atoms with van der Waals surface area (Å²) in [6.45, 7) is 7.22. The van der Waals surface area contributed by atoms with Crippen molar-refractivity contribution in [2.75, 3.05) is 13.6 Å². The number of hydrogen-bond acceptors (Lipinski definition) is 2. The van der Waals surface area contributed by atoms with Crippen molar-refractivity contribution in [2.45, 2.75) is 32.9 Å². The van der Waals surface area contributed by atoms with Gasteiger partial charge in [0, 0.05) is 13.6 Å². The summed E-state index contributed by atoms with van der Waals surface area (Å²) in [5.41, 5.74) is 6.73. The summed E-state index contributed by atoms with van der Waals surface area (Å²) in [4.78, 5) is 6.62. The van der Waals surface area contributed by atoms with Crippen LogP contribution in [-0.2, 0) is 23.3 Å². The van der Waals surface area contributed by atoms with Crippen LogP contribution in [0.5, 0.6) is 0 Å². The Labute approximate surface area is 152 Å². The Morgan fingerprint density at radius 2 is 1.76 bits per heavy atom. The standard InChI is InChI=1S/C20H26N2O2S/c1-5-22(4)14-21-20-11-15(2)19(10-16(20)3)12-17-6-8-18(9-7-17)13-25(23)24/h6-11,14H,5,12-13H2,1-4H3,(H,23,24). The maximum atomic E-state index is 10.9. The van der Waals surface area contributed by atoms with Crippen LogP contribution in [0.4, 0.5) is 5.69 Å². The third-order valence-electron chi connectivity index (χ3n) is 4.25. The first-order valence-electron chi connectivity index (χ1n) is 8.39. The van der Waals surface area contributed by atoms with E-state index in [1.54, 1.807) is 0 Å². The summed E-state index contributed by atoms with van der Waals surface area (Å²) in [6, 6.07) is 12.2. The first-order valence-corrected chi connectivity index (χ1v) is 9.66. The molecule has 0 aliphatic carbocycles. The van der Waals surface area contributed by atoms with Crippen molar-refractivity contribution in [3.05, 3.63) is 64.2 Å². The highest BCUT2D eigenvalue weighted by Gasteiger charge is 2.06. The zero-order chi connectivity index (χ0) is 18.4. The van der Waals surface area contributed by atoms with E-state index in [4.69, 9.17) is 4.55 Å². The van der Waals surface area contributed by atoms with Gasteiger partial charge in [-0.05, 0) is 61.1 Å². The van der Waals surface area contributed by atoms with Crippen LogP contribution in [0.1, 0.15) is 34.7 Å². The summed E-state index contributed by atoms with van der Waals surface area (Å²) >= 11 is -1.79. The quantitative estimate of drug-likeness (QED) is 0.458. The lowest BCUT2D eigenvalue weighted by molar-refractivity contribution is 0.552. The van der Waals surface area contributed by atoms with Gasteiger partial charge in [-0.2, -0.15) is 0 Å². The Hall–Kier alpha value is -1.98. The van der Waals surface area contributed by atoms with Gasteiger partial charge in [0.25, 0.3) is 0 Å². The average molecular weight is 359 g/mol. The predicted molar refractivity (Wildman–Crippen MR) is 106 cm³/mol. The van der Waals surface area contributed by atoms with E-state index in [-0.39, 0.29) is 5.75 Å². The number of rotatable bonds is 7. The molecule has 5 heteroatoms. The molecule has 0 aliphatic rings. The van der Waals surface area contributed by atoms with Crippen LogP contribution in [0, 0.1) is 13.8 Å². The summed E-state index contributed by atoms with van der Waals surface area (Å²) in [5.74, 6) is 0.178. The van der Waals surface area contributed by atoms with Gasteiger partial charge in [0.2, 0.25) is 0 Å². The van der Waals surface area contributed by atoms with Crippen LogP contribution in [0.15, 0.2) is 41.4 Å². The second-order valence-electron chi connectivity index (χ2n) is 6.34. The molecule has 2 aromatic rings. The van der Waals surface area contributed by atoms with E-state index in [1.165, 1.54) is 16.7 Å². The Balaban J connectivity index is 2.16. The summed E-state index contributed by atoms with van der Waals surface area (Å²) in [5, 5.41) is 0.